The first-order valence-electron chi connectivity index (χ1n) is 6.07. The highest BCUT2D eigenvalue weighted by Crippen LogP contribution is 2.12. The molecule has 0 bridgehead atoms. The molecule has 8 nitrogen and oxygen atoms in total. The summed E-state index contributed by atoms with van der Waals surface area (Å²) in [7, 11) is 0. The Balaban J connectivity index is 1.81. The smallest absolute Gasteiger partial charge is 0.337 e. The molecule has 0 radical (unpaired) electrons. The number of rotatable bonds is 4. The first-order chi connectivity index (χ1) is 9.78. The minimum atomic E-state index is -0.314. The Morgan fingerprint density at radius 2 is 2.40 bits per heavy atom. The topological polar surface area (TPSA) is 97.2 Å². The van der Waals surface area contributed by atoms with Crippen LogP contribution in [0.1, 0.15) is 17.3 Å². The number of nitrogens with one attached hydrogen (secondary N) is 2. The second-order valence-electron chi connectivity index (χ2n) is 3.94. The molecule has 3 rings (SSSR count). The number of nitrogens with zero attached hydrogens (tertiary/aromatic N) is 4. The molecule has 0 spiro atoms. The van der Waals surface area contributed by atoms with Gasteiger partial charge in [-0.2, -0.15) is 10.1 Å². The summed E-state index contributed by atoms with van der Waals surface area (Å²) in [5.74, 6) is -0.0841. The number of amides is 1. The molecule has 8 heteroatoms. The summed E-state index contributed by atoms with van der Waals surface area (Å²) >= 11 is 0. The Morgan fingerprint density at radius 3 is 3.25 bits per heavy atom. The van der Waals surface area contributed by atoms with Gasteiger partial charge in [0.2, 0.25) is 5.95 Å². The Labute approximate surface area is 113 Å². The Kier molecular flexibility index (Phi) is 3.04. The fourth-order valence-corrected chi connectivity index (χ4v) is 1.78. The number of H-pyrrole nitrogens is 1. The van der Waals surface area contributed by atoms with Gasteiger partial charge in [0, 0.05) is 6.20 Å². The van der Waals surface area contributed by atoms with E-state index in [1.54, 1.807) is 10.7 Å². The molecule has 0 aliphatic rings. The highest BCUT2D eigenvalue weighted by Gasteiger charge is 2.14. The van der Waals surface area contributed by atoms with Crippen molar-refractivity contribution in [1.82, 2.24) is 24.8 Å². The number of carbonyl (C=O) groups is 1. The summed E-state index contributed by atoms with van der Waals surface area (Å²) in [5, 5.41) is 13.1. The van der Waals surface area contributed by atoms with Crippen LogP contribution < -0.4 is 10.1 Å². The number of ether oxygens (including phenoxy) is 1. The lowest BCUT2D eigenvalue weighted by atomic mass is 10.2. The predicted molar refractivity (Wildman–Crippen MR) is 70.7 cm³/mol. The number of fused-ring (bicyclic) bond motifs is 1. The molecule has 3 aromatic rings. The van der Waals surface area contributed by atoms with Crippen LogP contribution in [0.4, 0.5) is 5.95 Å². The van der Waals surface area contributed by atoms with Crippen molar-refractivity contribution >= 4 is 17.4 Å². The lowest BCUT2D eigenvalue weighted by Crippen LogP contribution is -2.12. The van der Waals surface area contributed by atoms with Gasteiger partial charge in [0.1, 0.15) is 0 Å². The van der Waals surface area contributed by atoms with Crippen molar-refractivity contribution in [3.8, 4) is 6.01 Å². The number of pyridine rings is 1. The summed E-state index contributed by atoms with van der Waals surface area (Å²) in [6.45, 7) is 2.28. The zero-order chi connectivity index (χ0) is 13.9. The lowest BCUT2D eigenvalue weighted by Gasteiger charge is -1.99. The minimum absolute atomic E-state index is 0.197. The molecule has 1 amide bonds. The SMILES string of the molecule is CCOc1n[nH]c(NC(=O)c2cnn3ccccc23)n1. The quantitative estimate of drug-likeness (QED) is 0.741. The monoisotopic (exact) mass is 272 g/mol. The molecule has 3 heterocycles. The van der Waals surface area contributed by atoms with Crippen LogP contribution in [0.2, 0.25) is 0 Å². The van der Waals surface area contributed by atoms with E-state index >= 15 is 0 Å². The van der Waals surface area contributed by atoms with Gasteiger partial charge in [0.05, 0.1) is 23.9 Å². The van der Waals surface area contributed by atoms with E-state index in [2.05, 4.69) is 25.6 Å². The molecule has 0 saturated heterocycles. The number of aromatic nitrogens is 5. The molecule has 0 unspecified atom stereocenters. The second kappa shape index (κ2) is 5.00. The third kappa shape index (κ3) is 2.18. The number of aromatic amines is 1. The van der Waals surface area contributed by atoms with Gasteiger partial charge in [0.15, 0.2) is 0 Å². The Hall–Kier alpha value is -2.90. The highest BCUT2D eigenvalue weighted by molar-refractivity contribution is 6.08. The van der Waals surface area contributed by atoms with Gasteiger partial charge in [-0.15, -0.1) is 5.10 Å². The molecule has 0 aromatic carbocycles. The van der Waals surface area contributed by atoms with Crippen LogP contribution in [-0.4, -0.2) is 37.3 Å². The van der Waals surface area contributed by atoms with E-state index in [9.17, 15) is 4.79 Å². The van der Waals surface area contributed by atoms with Crippen molar-refractivity contribution in [2.24, 2.45) is 0 Å². The van der Waals surface area contributed by atoms with Crippen LogP contribution >= 0.6 is 0 Å². The maximum atomic E-state index is 12.2. The standard InChI is InChI=1S/C12H12N6O2/c1-2-20-12-15-11(16-17-12)14-10(19)8-7-13-18-6-4-3-5-9(8)18/h3-7H,2H2,1H3,(H2,14,15,16,17,19). The molecule has 0 saturated carbocycles. The van der Waals surface area contributed by atoms with Crippen LogP contribution in [0.15, 0.2) is 30.6 Å². The van der Waals surface area contributed by atoms with E-state index in [4.69, 9.17) is 4.74 Å². The van der Waals surface area contributed by atoms with Gasteiger partial charge in [0.25, 0.3) is 5.91 Å². The van der Waals surface area contributed by atoms with Gasteiger partial charge in [-0.05, 0) is 19.1 Å². The summed E-state index contributed by atoms with van der Waals surface area (Å²) < 4.78 is 6.73. The van der Waals surface area contributed by atoms with Crippen molar-refractivity contribution in [2.45, 2.75) is 6.92 Å². The van der Waals surface area contributed by atoms with Crippen molar-refractivity contribution in [3.05, 3.63) is 36.2 Å². The molecule has 3 aromatic heterocycles. The van der Waals surface area contributed by atoms with E-state index in [1.807, 2.05) is 25.1 Å². The van der Waals surface area contributed by atoms with Crippen LogP contribution in [0.3, 0.4) is 0 Å². The van der Waals surface area contributed by atoms with Crippen LogP contribution in [0.25, 0.3) is 5.52 Å². The van der Waals surface area contributed by atoms with Gasteiger partial charge in [-0.3, -0.25) is 10.1 Å². The highest BCUT2D eigenvalue weighted by atomic mass is 16.5. The summed E-state index contributed by atoms with van der Waals surface area (Å²) in [6, 6.07) is 5.69. The third-order valence-electron chi connectivity index (χ3n) is 2.64. The van der Waals surface area contributed by atoms with E-state index in [-0.39, 0.29) is 17.9 Å². The number of hydrogen-bond donors (Lipinski definition) is 2. The van der Waals surface area contributed by atoms with Gasteiger partial charge in [-0.25, -0.2) is 9.61 Å². The largest absolute Gasteiger partial charge is 0.463 e. The maximum absolute atomic E-state index is 12.2. The van der Waals surface area contributed by atoms with Crippen molar-refractivity contribution in [2.75, 3.05) is 11.9 Å². The second-order valence-corrected chi connectivity index (χ2v) is 3.94. The van der Waals surface area contributed by atoms with E-state index in [0.29, 0.717) is 12.2 Å². The molecule has 102 valence electrons. The fourth-order valence-electron chi connectivity index (χ4n) is 1.78. The zero-order valence-electron chi connectivity index (χ0n) is 10.7. The number of anilines is 1. The maximum Gasteiger partial charge on any atom is 0.337 e. The number of carbonyl (C=O) groups excluding carboxylic acids is 1. The molecule has 20 heavy (non-hydrogen) atoms. The van der Waals surface area contributed by atoms with E-state index < -0.39 is 0 Å². The van der Waals surface area contributed by atoms with E-state index in [0.717, 1.165) is 5.52 Å². The molecule has 0 fully saturated rings. The van der Waals surface area contributed by atoms with Gasteiger partial charge < -0.3 is 4.74 Å². The van der Waals surface area contributed by atoms with Crippen molar-refractivity contribution < 1.29 is 9.53 Å². The van der Waals surface area contributed by atoms with Gasteiger partial charge >= 0.3 is 6.01 Å². The average Bonchev–Trinajstić information content (AvgIpc) is 3.06. The summed E-state index contributed by atoms with van der Waals surface area (Å²) in [6.07, 6.45) is 3.28. The first kappa shape index (κ1) is 12.2. The molecule has 0 aliphatic carbocycles. The normalized spacial score (nSPS) is 10.7. The third-order valence-corrected chi connectivity index (χ3v) is 2.64. The van der Waals surface area contributed by atoms with Crippen molar-refractivity contribution in [3.63, 3.8) is 0 Å². The molecule has 2 N–H and O–H groups in total. The summed E-state index contributed by atoms with van der Waals surface area (Å²) in [5.41, 5.74) is 1.18. The first-order valence-corrected chi connectivity index (χ1v) is 6.07. The predicted octanol–water partition coefficient (Wildman–Crippen LogP) is 1.10. The van der Waals surface area contributed by atoms with Crippen LogP contribution in [-0.2, 0) is 0 Å². The Morgan fingerprint density at radius 1 is 1.50 bits per heavy atom. The molecule has 0 atom stereocenters. The van der Waals surface area contributed by atoms with Crippen LogP contribution in [0.5, 0.6) is 6.01 Å². The van der Waals surface area contributed by atoms with Gasteiger partial charge in [-0.1, -0.05) is 6.07 Å². The summed E-state index contributed by atoms with van der Waals surface area (Å²) in [4.78, 5) is 16.1. The van der Waals surface area contributed by atoms with Crippen LogP contribution in [0, 0.1) is 0 Å². The zero-order valence-corrected chi connectivity index (χ0v) is 10.7. The minimum Gasteiger partial charge on any atom is -0.463 e. The lowest BCUT2D eigenvalue weighted by molar-refractivity contribution is 0.102. The fraction of sp³-hybridized carbons (Fsp3) is 0.167. The Bertz CT molecular complexity index is 747. The average molecular weight is 272 g/mol. The molecular formula is C12H12N6O2. The number of hydrogen-bond acceptors (Lipinski definition) is 5. The van der Waals surface area contributed by atoms with E-state index in [1.165, 1.54) is 6.20 Å². The van der Waals surface area contributed by atoms with Crippen molar-refractivity contribution in [1.29, 1.82) is 0 Å². The molecular weight excluding hydrogens is 260 g/mol. The molecule has 0 aliphatic heterocycles.